The highest BCUT2D eigenvalue weighted by Crippen LogP contribution is 2.41. The van der Waals surface area contributed by atoms with Gasteiger partial charge in [-0.3, -0.25) is 0 Å². The molecular weight excluding hydrogens is 685 g/mol. The van der Waals surface area contributed by atoms with Gasteiger partial charge in [0.15, 0.2) is 17.5 Å². The molecule has 5 heteroatoms. The topological polar surface area (TPSA) is 56.7 Å². The molecule has 10 aromatic rings. The van der Waals surface area contributed by atoms with Gasteiger partial charge in [0.1, 0.15) is 11.2 Å². The summed E-state index contributed by atoms with van der Waals surface area (Å²) in [6.45, 7) is 0. The summed E-state index contributed by atoms with van der Waals surface area (Å²) in [7, 11) is 0. The predicted octanol–water partition coefficient (Wildman–Crippen LogP) is 13.3. The molecule has 0 unspecified atom stereocenters. The van der Waals surface area contributed by atoms with E-state index in [4.69, 9.17) is 19.4 Å². The molecule has 0 saturated heterocycles. The number of fused-ring (bicyclic) bond motifs is 6. The minimum absolute atomic E-state index is 0.622. The van der Waals surface area contributed by atoms with E-state index in [9.17, 15) is 0 Å². The third kappa shape index (κ3) is 5.44. The summed E-state index contributed by atoms with van der Waals surface area (Å²) in [4.78, 5) is 15.1. The van der Waals surface area contributed by atoms with Gasteiger partial charge in [0.25, 0.3) is 0 Å². The Bertz CT molecular complexity index is 3080. The minimum atomic E-state index is 0.622. The number of benzene rings is 7. The Morgan fingerprint density at radius 1 is 0.446 bits per heavy atom. The highest BCUT2D eigenvalue weighted by Gasteiger charge is 2.20. The van der Waals surface area contributed by atoms with Crippen LogP contribution in [-0.4, -0.2) is 19.5 Å². The van der Waals surface area contributed by atoms with Crippen molar-refractivity contribution in [2.24, 2.45) is 0 Å². The Kier molecular flexibility index (Phi) is 7.56. The minimum Gasteiger partial charge on any atom is -0.456 e. The second-order valence-corrected chi connectivity index (χ2v) is 14.3. The van der Waals surface area contributed by atoms with Crippen molar-refractivity contribution in [2.75, 3.05) is 0 Å². The van der Waals surface area contributed by atoms with E-state index in [1.165, 1.54) is 33.0 Å². The average molecular weight is 719 g/mol. The Morgan fingerprint density at radius 2 is 1.07 bits per heavy atom. The van der Waals surface area contributed by atoms with Crippen LogP contribution in [0.4, 0.5) is 0 Å². The van der Waals surface area contributed by atoms with E-state index < -0.39 is 0 Å². The Morgan fingerprint density at radius 3 is 1.71 bits per heavy atom. The van der Waals surface area contributed by atoms with Crippen molar-refractivity contribution < 1.29 is 4.42 Å². The molecule has 3 heterocycles. The molecule has 1 aliphatic carbocycles. The van der Waals surface area contributed by atoms with E-state index in [1.807, 2.05) is 42.5 Å². The number of nitrogens with zero attached hydrogens (tertiary/aromatic N) is 4. The van der Waals surface area contributed by atoms with E-state index in [0.29, 0.717) is 17.5 Å². The van der Waals surface area contributed by atoms with Crippen LogP contribution < -0.4 is 0 Å². The Labute approximate surface area is 323 Å². The molecule has 0 aliphatic heterocycles. The second-order valence-electron chi connectivity index (χ2n) is 14.3. The average Bonchev–Trinajstić information content (AvgIpc) is 3.82. The zero-order valence-corrected chi connectivity index (χ0v) is 30.4. The zero-order valence-electron chi connectivity index (χ0n) is 30.4. The fourth-order valence-electron chi connectivity index (χ4n) is 8.18. The van der Waals surface area contributed by atoms with Crippen molar-refractivity contribution >= 4 is 49.3 Å². The van der Waals surface area contributed by atoms with Crippen molar-refractivity contribution in [3.8, 4) is 50.7 Å². The van der Waals surface area contributed by atoms with Gasteiger partial charge < -0.3 is 8.98 Å². The van der Waals surface area contributed by atoms with Crippen molar-refractivity contribution in [1.29, 1.82) is 0 Å². The maximum Gasteiger partial charge on any atom is 0.164 e. The number of aromatic nitrogens is 4. The van der Waals surface area contributed by atoms with Gasteiger partial charge in [0.05, 0.1) is 11.0 Å². The van der Waals surface area contributed by atoms with Crippen molar-refractivity contribution in [2.45, 2.75) is 12.8 Å². The molecule has 7 aromatic carbocycles. The molecule has 3 aromatic heterocycles. The van der Waals surface area contributed by atoms with Crippen LogP contribution in [0.2, 0.25) is 0 Å². The highest BCUT2D eigenvalue weighted by atomic mass is 16.3. The second kappa shape index (κ2) is 13.2. The maximum atomic E-state index is 6.69. The fourth-order valence-corrected chi connectivity index (χ4v) is 8.18. The standard InChI is InChI=1S/C51H34N4O/c1-5-14-33(15-6-1)37-24-28-44-42(30-37)43-31-38(34-16-7-2-8-17-34)25-29-45(43)55(44)39-26-27-40-47(32-39)56-46-23-13-22-41(48(40)46)51-53-49(35-18-9-3-10-19-35)52-50(54-51)36-20-11-4-12-21-36/h1-3,5-11,13-32H,4,12H2. The molecular formula is C51H34N4O. The SMILES string of the molecule is C1=CC(c2nc(-c3ccccc3)nc(-c3cccc4oc5cc(-n6c7ccc(-c8ccccc8)cc7c7cc(-c8ccccc8)ccc76)ccc5c34)n2)=CCC1. The van der Waals surface area contributed by atoms with Crippen LogP contribution in [0.25, 0.3) is 100 Å². The molecule has 0 spiro atoms. The van der Waals surface area contributed by atoms with Crippen LogP contribution in [0.1, 0.15) is 18.7 Å². The van der Waals surface area contributed by atoms with Crippen LogP contribution in [0.5, 0.6) is 0 Å². The molecule has 11 rings (SSSR count). The number of rotatable bonds is 6. The molecule has 264 valence electrons. The smallest absolute Gasteiger partial charge is 0.164 e. The normalized spacial score (nSPS) is 12.9. The monoisotopic (exact) mass is 718 g/mol. The summed E-state index contributed by atoms with van der Waals surface area (Å²) >= 11 is 0. The van der Waals surface area contributed by atoms with Crippen molar-refractivity contribution in [1.82, 2.24) is 19.5 Å². The van der Waals surface area contributed by atoms with Crippen LogP contribution in [0.3, 0.4) is 0 Å². The molecule has 0 amide bonds. The fraction of sp³-hybridized carbons (Fsp3) is 0.0392. The van der Waals surface area contributed by atoms with Gasteiger partial charge in [0.2, 0.25) is 0 Å². The summed E-state index contributed by atoms with van der Waals surface area (Å²) in [6.07, 6.45) is 8.50. The first-order chi connectivity index (χ1) is 27.7. The van der Waals surface area contributed by atoms with Crippen LogP contribution in [0.15, 0.2) is 186 Å². The first-order valence-corrected chi connectivity index (χ1v) is 19.1. The van der Waals surface area contributed by atoms with Crippen molar-refractivity contribution in [3.63, 3.8) is 0 Å². The van der Waals surface area contributed by atoms with Crippen molar-refractivity contribution in [3.05, 3.63) is 188 Å². The Balaban J connectivity index is 1.09. The summed E-state index contributed by atoms with van der Waals surface area (Å²) in [5.41, 5.74) is 12.5. The van der Waals surface area contributed by atoms with E-state index >= 15 is 0 Å². The molecule has 0 saturated carbocycles. The van der Waals surface area contributed by atoms with E-state index in [-0.39, 0.29) is 0 Å². The first-order valence-electron chi connectivity index (χ1n) is 19.1. The molecule has 0 radical (unpaired) electrons. The third-order valence-electron chi connectivity index (χ3n) is 10.9. The quantitative estimate of drug-likeness (QED) is 0.172. The lowest BCUT2D eigenvalue weighted by atomic mass is 10.0. The van der Waals surface area contributed by atoms with Gasteiger partial charge in [-0.15, -0.1) is 0 Å². The molecule has 0 fully saturated rings. The number of hydrogen-bond acceptors (Lipinski definition) is 4. The van der Waals surface area contributed by atoms with Gasteiger partial charge in [0, 0.05) is 50.0 Å². The maximum absolute atomic E-state index is 6.69. The third-order valence-corrected chi connectivity index (χ3v) is 10.9. The van der Waals surface area contributed by atoms with Gasteiger partial charge in [-0.05, 0) is 77.6 Å². The van der Waals surface area contributed by atoms with Gasteiger partial charge in [-0.1, -0.05) is 133 Å². The van der Waals surface area contributed by atoms with Crippen LogP contribution >= 0.6 is 0 Å². The molecule has 0 atom stereocenters. The lowest BCUT2D eigenvalue weighted by Gasteiger charge is -2.11. The zero-order chi connectivity index (χ0) is 37.0. The lowest BCUT2D eigenvalue weighted by molar-refractivity contribution is 0.668. The summed E-state index contributed by atoms with van der Waals surface area (Å²) < 4.78 is 9.04. The van der Waals surface area contributed by atoms with Gasteiger partial charge >= 0.3 is 0 Å². The largest absolute Gasteiger partial charge is 0.456 e. The first kappa shape index (κ1) is 32.1. The molecule has 5 nitrogen and oxygen atoms in total. The predicted molar refractivity (Wildman–Crippen MR) is 230 cm³/mol. The van der Waals surface area contributed by atoms with Gasteiger partial charge in [-0.2, -0.15) is 0 Å². The number of allylic oxidation sites excluding steroid dienone is 4. The van der Waals surface area contributed by atoms with Gasteiger partial charge in [-0.25, -0.2) is 15.0 Å². The van der Waals surface area contributed by atoms with E-state index in [1.54, 1.807) is 0 Å². The lowest BCUT2D eigenvalue weighted by Crippen LogP contribution is -2.03. The van der Waals surface area contributed by atoms with E-state index in [2.05, 4.69) is 144 Å². The Hall–Kier alpha value is -7.37. The molecule has 0 bridgehead atoms. The summed E-state index contributed by atoms with van der Waals surface area (Å²) in [5, 5.41) is 4.40. The van der Waals surface area contributed by atoms with E-state index in [0.717, 1.165) is 68.2 Å². The van der Waals surface area contributed by atoms with Crippen LogP contribution in [0, 0.1) is 0 Å². The molecule has 0 N–H and O–H groups in total. The number of hydrogen-bond donors (Lipinski definition) is 0. The summed E-state index contributed by atoms with van der Waals surface area (Å²) in [5.74, 6) is 1.95. The van der Waals surface area contributed by atoms with Crippen LogP contribution in [-0.2, 0) is 0 Å². The molecule has 56 heavy (non-hydrogen) atoms. The number of furan rings is 1. The molecule has 1 aliphatic rings. The highest BCUT2D eigenvalue weighted by molar-refractivity contribution is 6.14. The summed E-state index contributed by atoms with van der Waals surface area (Å²) in [6, 6.07) is 57.6.